The zero-order chi connectivity index (χ0) is 42.3. The summed E-state index contributed by atoms with van der Waals surface area (Å²) >= 11 is 2.75. The minimum atomic E-state index is -0.959. The van der Waals surface area contributed by atoms with Crippen molar-refractivity contribution in [2.24, 2.45) is 5.16 Å². The van der Waals surface area contributed by atoms with Crippen LogP contribution in [0, 0.1) is 0 Å². The number of aromatic nitrogens is 1. The van der Waals surface area contributed by atoms with E-state index in [1.165, 1.54) is 35.1 Å². The first-order valence-electron chi connectivity index (χ1n) is 19.7. The maximum atomic E-state index is 14.1. The normalized spacial score (nSPS) is 19.3. The zero-order valence-electron chi connectivity index (χ0n) is 33.7. The summed E-state index contributed by atoms with van der Waals surface area (Å²) in [7, 11) is 4.79. The number of ether oxygens (including phenoxy) is 2. The Morgan fingerprint density at radius 2 is 1.57 bits per heavy atom. The molecule has 61 heavy (non-hydrogen) atoms. The van der Waals surface area contributed by atoms with Crippen molar-refractivity contribution >= 4 is 51.7 Å². The molecule has 4 heterocycles. The van der Waals surface area contributed by atoms with Gasteiger partial charge in [0.05, 0.1) is 13.2 Å². The highest BCUT2D eigenvalue weighted by atomic mass is 32.2. The molecule has 1 aromatic heterocycles. The van der Waals surface area contributed by atoms with E-state index < -0.39 is 34.7 Å². The highest BCUT2D eigenvalue weighted by Gasteiger charge is 2.54. The van der Waals surface area contributed by atoms with E-state index in [4.69, 9.17) is 24.1 Å². The van der Waals surface area contributed by atoms with Crippen LogP contribution in [0.25, 0.3) is 0 Å². The third kappa shape index (κ3) is 8.68. The Kier molecular flexibility index (Phi) is 12.6. The number of rotatable bonds is 15. The van der Waals surface area contributed by atoms with Crippen molar-refractivity contribution in [3.8, 4) is 5.75 Å². The summed E-state index contributed by atoms with van der Waals surface area (Å²) in [5.41, 5.74) is 3.77. The fraction of sp³-hybridized carbons (Fsp3) is 0.239. The van der Waals surface area contributed by atoms with Crippen LogP contribution in [-0.2, 0) is 40.9 Å². The average Bonchev–Trinajstić information content (AvgIpc) is 3.96. The van der Waals surface area contributed by atoms with Gasteiger partial charge in [-0.2, -0.15) is 5.06 Å². The van der Waals surface area contributed by atoms with E-state index in [-0.39, 0.29) is 29.8 Å². The number of carbonyl (C=O) groups is 3. The fourth-order valence-electron chi connectivity index (χ4n) is 7.59. The van der Waals surface area contributed by atoms with E-state index in [9.17, 15) is 14.4 Å². The SMILES string of the molecule is CO/N=C(\C(=O)N[C@@H]1C(=O)N2C(C(=O)OCc3ccc(OC)cc3)=C(/C=C/C3CCN(C)O3)CS[C@H]12)c1csc(NC(c2ccccc2)(c2ccccc2)c2ccccc2)n1. The quantitative estimate of drug-likeness (QED) is 0.0392. The topological polar surface area (TPSA) is 144 Å². The van der Waals surface area contributed by atoms with Crippen molar-refractivity contribution in [3.05, 3.63) is 172 Å². The average molecular weight is 857 g/mol. The molecule has 3 aliphatic heterocycles. The highest BCUT2D eigenvalue weighted by Crippen LogP contribution is 2.43. The van der Waals surface area contributed by atoms with Crippen LogP contribution in [-0.4, -0.2) is 89.5 Å². The van der Waals surface area contributed by atoms with Gasteiger partial charge in [0.15, 0.2) is 10.8 Å². The lowest BCUT2D eigenvalue weighted by molar-refractivity contribution is -0.153. The number of fused-ring (bicyclic) bond motifs is 1. The lowest BCUT2D eigenvalue weighted by atomic mass is 9.77. The number of methoxy groups -OCH3 is 1. The predicted octanol–water partition coefficient (Wildman–Crippen LogP) is 6.50. The molecule has 5 aromatic rings. The Morgan fingerprint density at radius 3 is 2.15 bits per heavy atom. The second-order valence-corrected chi connectivity index (χ2v) is 16.4. The van der Waals surface area contributed by atoms with Crippen molar-refractivity contribution < 1.29 is 33.5 Å². The number of allylic oxidation sites excluding steroid dienone is 1. The summed E-state index contributed by atoms with van der Waals surface area (Å²) in [5, 5.41) is 14.1. The van der Waals surface area contributed by atoms with Crippen LogP contribution in [0.15, 0.2) is 149 Å². The van der Waals surface area contributed by atoms with Gasteiger partial charge in [-0.3, -0.25) is 19.3 Å². The Bertz CT molecular complexity index is 2350. The number of β-lactam (4-membered cyclic amide) rings is 1. The summed E-state index contributed by atoms with van der Waals surface area (Å²) in [6, 6.07) is 36.5. The summed E-state index contributed by atoms with van der Waals surface area (Å²) in [4.78, 5) is 59.2. The molecule has 0 radical (unpaired) electrons. The van der Waals surface area contributed by atoms with Crippen LogP contribution in [0.3, 0.4) is 0 Å². The second-order valence-electron chi connectivity index (χ2n) is 14.4. The Labute approximate surface area is 362 Å². The van der Waals surface area contributed by atoms with Gasteiger partial charge in [0.1, 0.15) is 47.8 Å². The van der Waals surface area contributed by atoms with E-state index in [0.29, 0.717) is 22.2 Å². The molecule has 1 unspecified atom stereocenters. The lowest BCUT2D eigenvalue weighted by Crippen LogP contribution is -2.71. The van der Waals surface area contributed by atoms with E-state index in [1.54, 1.807) is 29.7 Å². The predicted molar refractivity (Wildman–Crippen MR) is 235 cm³/mol. The number of hydrogen-bond acceptors (Lipinski definition) is 13. The minimum absolute atomic E-state index is 0.00957. The monoisotopic (exact) mass is 856 g/mol. The number of hydrogen-bond donors (Lipinski definition) is 2. The lowest BCUT2D eigenvalue weighted by Gasteiger charge is -2.49. The number of carbonyl (C=O) groups excluding carboxylic acids is 3. The molecule has 3 atom stereocenters. The van der Waals surface area contributed by atoms with Gasteiger partial charge in [0.25, 0.3) is 11.8 Å². The van der Waals surface area contributed by atoms with Crippen molar-refractivity contribution in [2.75, 3.05) is 38.9 Å². The van der Waals surface area contributed by atoms with E-state index in [1.807, 2.05) is 85.9 Å². The number of oxime groups is 1. The first kappa shape index (κ1) is 41.5. The number of thiazole rings is 1. The molecule has 2 fully saturated rings. The third-order valence-corrected chi connectivity index (χ3v) is 12.7. The fourth-order valence-corrected chi connectivity index (χ4v) is 9.66. The van der Waals surface area contributed by atoms with Crippen molar-refractivity contribution in [1.29, 1.82) is 0 Å². The summed E-state index contributed by atoms with van der Waals surface area (Å²) in [6.45, 7) is 0.765. The largest absolute Gasteiger partial charge is 0.497 e. The summed E-state index contributed by atoms with van der Waals surface area (Å²) in [5.74, 6) is -0.693. The van der Waals surface area contributed by atoms with Crippen molar-refractivity contribution in [1.82, 2.24) is 20.3 Å². The van der Waals surface area contributed by atoms with Gasteiger partial charge < -0.3 is 24.9 Å². The van der Waals surface area contributed by atoms with Crippen LogP contribution in [0.2, 0.25) is 0 Å². The third-order valence-electron chi connectivity index (χ3n) is 10.6. The summed E-state index contributed by atoms with van der Waals surface area (Å²) < 4.78 is 11.0. The van der Waals surface area contributed by atoms with E-state index in [2.05, 4.69) is 52.2 Å². The number of nitrogens with zero attached hydrogens (tertiary/aromatic N) is 4. The molecule has 312 valence electrons. The maximum Gasteiger partial charge on any atom is 0.355 e. The molecule has 4 aromatic carbocycles. The van der Waals surface area contributed by atoms with Gasteiger partial charge in [-0.1, -0.05) is 120 Å². The van der Waals surface area contributed by atoms with Gasteiger partial charge in [0.2, 0.25) is 0 Å². The first-order chi connectivity index (χ1) is 29.8. The van der Waals surface area contributed by atoms with Crippen molar-refractivity contribution in [2.45, 2.75) is 36.1 Å². The van der Waals surface area contributed by atoms with Crippen molar-refractivity contribution in [3.63, 3.8) is 0 Å². The molecule has 0 bridgehead atoms. The zero-order valence-corrected chi connectivity index (χ0v) is 35.4. The van der Waals surface area contributed by atoms with Gasteiger partial charge in [-0.05, 0) is 46.4 Å². The Balaban J connectivity index is 1.03. The number of benzene rings is 4. The molecule has 0 saturated carbocycles. The molecular weight excluding hydrogens is 813 g/mol. The first-order valence-corrected chi connectivity index (χ1v) is 21.6. The number of thioether (sulfide) groups is 1. The number of anilines is 1. The van der Waals surface area contributed by atoms with Crippen LogP contribution in [0.4, 0.5) is 5.13 Å². The molecule has 8 rings (SSSR count). The second kappa shape index (κ2) is 18.6. The molecule has 2 saturated heterocycles. The molecule has 3 aliphatic rings. The van der Waals surface area contributed by atoms with Gasteiger partial charge >= 0.3 is 5.97 Å². The molecule has 13 nitrogen and oxygen atoms in total. The van der Waals surface area contributed by atoms with Crippen LogP contribution >= 0.6 is 23.1 Å². The number of hydroxylamine groups is 2. The maximum absolute atomic E-state index is 14.1. The van der Waals surface area contributed by atoms with Crippen LogP contribution < -0.4 is 15.4 Å². The molecule has 0 aliphatic carbocycles. The summed E-state index contributed by atoms with van der Waals surface area (Å²) in [6.07, 6.45) is 4.35. The minimum Gasteiger partial charge on any atom is -0.497 e. The molecule has 15 heteroatoms. The molecular formula is C46H44N6O7S2. The smallest absolute Gasteiger partial charge is 0.355 e. The number of nitrogens with one attached hydrogen (secondary N) is 2. The van der Waals surface area contributed by atoms with Gasteiger partial charge in [-0.15, -0.1) is 23.1 Å². The molecule has 0 spiro atoms. The van der Waals surface area contributed by atoms with Gasteiger partial charge in [-0.25, -0.2) is 9.78 Å². The van der Waals surface area contributed by atoms with E-state index >= 15 is 0 Å². The Morgan fingerprint density at radius 1 is 0.934 bits per heavy atom. The van der Waals surface area contributed by atoms with Crippen LogP contribution in [0.5, 0.6) is 5.75 Å². The highest BCUT2D eigenvalue weighted by molar-refractivity contribution is 8.00. The number of amides is 2. The molecule has 2 amide bonds. The standard InChI is InChI=1S/C46H44N6O7S2/c1-51-26-25-36(59-51)24-21-31-28-60-43-39(42(54)52(43)40(31)44(55)58-27-30-19-22-35(56-2)23-20-30)48-41(53)38(50-57-3)37-29-61-45(47-37)49-46(32-13-7-4-8-14-32,33-15-9-5-10-16-33)34-17-11-6-12-18-34/h4-24,29,36,39,43H,25-28H2,1-3H3,(H,47,49)(H,48,53)/b24-21+,50-38-/t36?,39-,43-/m1/s1. The van der Waals surface area contributed by atoms with E-state index in [0.717, 1.165) is 35.2 Å². The van der Waals surface area contributed by atoms with Crippen LogP contribution in [0.1, 0.15) is 34.4 Å². The Hall–Kier alpha value is -6.26. The number of esters is 1. The van der Waals surface area contributed by atoms with Gasteiger partial charge in [0, 0.05) is 24.7 Å². The molecule has 2 N–H and O–H groups in total.